The lowest BCUT2D eigenvalue weighted by molar-refractivity contribution is 0.100. The van der Waals surface area contributed by atoms with Crippen molar-refractivity contribution < 1.29 is 22.4 Å². The molecule has 0 unspecified atom stereocenters. The van der Waals surface area contributed by atoms with Crippen molar-refractivity contribution in [1.82, 2.24) is 4.31 Å². The van der Waals surface area contributed by atoms with Gasteiger partial charge in [-0.15, -0.1) is 11.3 Å². The molecule has 0 aliphatic rings. The number of nitrogens with two attached hydrogens (primary N) is 1. The smallest absolute Gasteiger partial charge is 0.259 e. The number of hydrogen-bond acceptors (Lipinski definition) is 5. The Hall–Kier alpha value is -2.30. The highest BCUT2D eigenvalue weighted by Crippen LogP contribution is 2.33. The van der Waals surface area contributed by atoms with E-state index in [2.05, 4.69) is 5.32 Å². The SMILES string of the molecule is CC(C)N(C)S(=O)(=O)c1cc(C(N)=O)c(NC(=O)c2ccccc2F)s1. The molecule has 10 heteroatoms. The van der Waals surface area contributed by atoms with Gasteiger partial charge in [-0.1, -0.05) is 12.1 Å². The van der Waals surface area contributed by atoms with Crippen molar-refractivity contribution in [2.24, 2.45) is 5.73 Å². The zero-order valence-corrected chi connectivity index (χ0v) is 15.9. The normalized spacial score (nSPS) is 11.8. The second-order valence-electron chi connectivity index (χ2n) is 5.72. The highest BCUT2D eigenvalue weighted by Gasteiger charge is 2.28. The van der Waals surface area contributed by atoms with Gasteiger partial charge in [-0.25, -0.2) is 12.8 Å². The van der Waals surface area contributed by atoms with Gasteiger partial charge in [0.25, 0.3) is 21.8 Å². The van der Waals surface area contributed by atoms with Crippen molar-refractivity contribution in [1.29, 1.82) is 0 Å². The maximum absolute atomic E-state index is 13.7. The molecule has 0 bridgehead atoms. The molecule has 0 aliphatic carbocycles. The van der Waals surface area contributed by atoms with Gasteiger partial charge >= 0.3 is 0 Å². The van der Waals surface area contributed by atoms with E-state index in [0.29, 0.717) is 11.3 Å². The van der Waals surface area contributed by atoms with E-state index in [4.69, 9.17) is 5.73 Å². The molecule has 2 amide bonds. The Morgan fingerprint density at radius 1 is 1.23 bits per heavy atom. The van der Waals surface area contributed by atoms with Gasteiger partial charge in [0.05, 0.1) is 11.1 Å². The first-order valence-corrected chi connectivity index (χ1v) is 9.79. The van der Waals surface area contributed by atoms with Crippen molar-refractivity contribution in [2.75, 3.05) is 12.4 Å². The monoisotopic (exact) mass is 399 g/mol. The molecule has 1 aromatic heterocycles. The summed E-state index contributed by atoms with van der Waals surface area (Å²) in [6, 6.07) is 6.10. The number of nitrogens with one attached hydrogen (secondary N) is 1. The molecule has 0 aliphatic heterocycles. The third-order valence-electron chi connectivity index (χ3n) is 3.68. The molecule has 7 nitrogen and oxygen atoms in total. The van der Waals surface area contributed by atoms with Gasteiger partial charge in [0.2, 0.25) is 0 Å². The van der Waals surface area contributed by atoms with Crippen LogP contribution in [0.15, 0.2) is 34.5 Å². The van der Waals surface area contributed by atoms with Gasteiger partial charge in [0.15, 0.2) is 0 Å². The van der Waals surface area contributed by atoms with Gasteiger partial charge in [0, 0.05) is 13.1 Å². The van der Waals surface area contributed by atoms with Gasteiger partial charge in [-0.3, -0.25) is 9.59 Å². The first-order chi connectivity index (χ1) is 12.1. The maximum Gasteiger partial charge on any atom is 0.259 e. The van der Waals surface area contributed by atoms with Crippen LogP contribution in [0.25, 0.3) is 0 Å². The second-order valence-corrected chi connectivity index (χ2v) is 9.00. The highest BCUT2D eigenvalue weighted by atomic mass is 32.2. The minimum atomic E-state index is -3.86. The summed E-state index contributed by atoms with van der Waals surface area (Å²) in [5.74, 6) is -2.46. The van der Waals surface area contributed by atoms with Crippen LogP contribution in [0.5, 0.6) is 0 Å². The standard InChI is InChI=1S/C16H18FN3O4S2/c1-9(2)20(3)26(23,24)13-8-11(14(18)21)16(25-13)19-15(22)10-6-4-5-7-12(10)17/h4-9H,1-3H3,(H2,18,21)(H,19,22). The first-order valence-electron chi connectivity index (χ1n) is 7.53. The molecule has 0 atom stereocenters. The largest absolute Gasteiger partial charge is 0.366 e. The Morgan fingerprint density at radius 3 is 2.38 bits per heavy atom. The summed E-state index contributed by atoms with van der Waals surface area (Å²) >= 11 is 0.685. The fourth-order valence-corrected chi connectivity index (χ4v) is 4.93. The fourth-order valence-electron chi connectivity index (χ4n) is 2.01. The third kappa shape index (κ3) is 3.92. The lowest BCUT2D eigenvalue weighted by Gasteiger charge is -2.19. The quantitative estimate of drug-likeness (QED) is 0.776. The van der Waals surface area contributed by atoms with E-state index >= 15 is 0 Å². The number of carbonyl (C=O) groups excluding carboxylic acids is 2. The van der Waals surface area contributed by atoms with Crippen molar-refractivity contribution in [3.63, 3.8) is 0 Å². The van der Waals surface area contributed by atoms with E-state index in [1.807, 2.05) is 0 Å². The Balaban J connectivity index is 2.44. The summed E-state index contributed by atoms with van der Waals surface area (Å²) in [4.78, 5) is 23.9. The minimum Gasteiger partial charge on any atom is -0.366 e. The van der Waals surface area contributed by atoms with Gasteiger partial charge in [0.1, 0.15) is 15.0 Å². The minimum absolute atomic E-state index is 0.0542. The summed E-state index contributed by atoms with van der Waals surface area (Å²) in [7, 11) is -2.46. The molecule has 0 saturated heterocycles. The predicted molar refractivity (Wildman–Crippen MR) is 97.3 cm³/mol. The molecule has 0 fully saturated rings. The molecule has 0 spiro atoms. The topological polar surface area (TPSA) is 110 Å². The number of carbonyl (C=O) groups is 2. The Morgan fingerprint density at radius 2 is 1.85 bits per heavy atom. The van der Waals surface area contributed by atoms with E-state index in [-0.39, 0.29) is 26.4 Å². The van der Waals surface area contributed by atoms with E-state index in [0.717, 1.165) is 16.4 Å². The van der Waals surface area contributed by atoms with Crippen LogP contribution in [0.3, 0.4) is 0 Å². The number of benzene rings is 1. The number of anilines is 1. The molecule has 2 rings (SSSR count). The van der Waals surface area contributed by atoms with Crippen LogP contribution in [0, 0.1) is 5.82 Å². The third-order valence-corrected chi connectivity index (χ3v) is 7.21. The zero-order chi connectivity index (χ0) is 19.6. The summed E-state index contributed by atoms with van der Waals surface area (Å²) in [6.45, 7) is 3.39. The summed E-state index contributed by atoms with van der Waals surface area (Å²) in [5.41, 5.74) is 4.89. The average molecular weight is 399 g/mol. The van der Waals surface area contributed by atoms with Crippen molar-refractivity contribution in [2.45, 2.75) is 24.1 Å². The molecular formula is C16H18FN3O4S2. The molecule has 1 heterocycles. The second kappa shape index (κ2) is 7.52. The van der Waals surface area contributed by atoms with E-state index in [1.54, 1.807) is 13.8 Å². The Bertz CT molecular complexity index is 954. The molecule has 140 valence electrons. The van der Waals surface area contributed by atoms with Crippen LogP contribution < -0.4 is 11.1 Å². The molecule has 1 aromatic carbocycles. The van der Waals surface area contributed by atoms with Crippen LogP contribution in [-0.2, 0) is 10.0 Å². The highest BCUT2D eigenvalue weighted by molar-refractivity contribution is 7.91. The summed E-state index contributed by atoms with van der Waals surface area (Å²) in [6.07, 6.45) is 0. The van der Waals surface area contributed by atoms with Crippen LogP contribution in [0.1, 0.15) is 34.6 Å². The number of rotatable bonds is 6. The number of thiophene rings is 1. The number of amides is 2. The van der Waals surface area contributed by atoms with Crippen LogP contribution in [0.2, 0.25) is 0 Å². The van der Waals surface area contributed by atoms with E-state index in [9.17, 15) is 22.4 Å². The first kappa shape index (κ1) is 20.0. The van der Waals surface area contributed by atoms with E-state index < -0.39 is 27.7 Å². The van der Waals surface area contributed by atoms with Gasteiger partial charge in [-0.2, -0.15) is 4.31 Å². The lowest BCUT2D eigenvalue weighted by Crippen LogP contribution is -2.32. The van der Waals surface area contributed by atoms with Gasteiger partial charge in [-0.05, 0) is 32.0 Å². The van der Waals surface area contributed by atoms with Gasteiger partial charge < -0.3 is 11.1 Å². The molecular weight excluding hydrogens is 381 g/mol. The predicted octanol–water partition coefficient (Wildman–Crippen LogP) is 2.27. The Labute approximate surface area is 154 Å². The molecule has 0 radical (unpaired) electrons. The number of halogens is 1. The molecule has 3 N–H and O–H groups in total. The molecule has 2 aromatic rings. The van der Waals surface area contributed by atoms with Crippen molar-refractivity contribution in [3.05, 3.63) is 47.3 Å². The molecule has 0 saturated carbocycles. The molecule has 26 heavy (non-hydrogen) atoms. The summed E-state index contributed by atoms with van der Waals surface area (Å²) in [5, 5.41) is 2.31. The van der Waals surface area contributed by atoms with Crippen LogP contribution in [-0.4, -0.2) is 37.6 Å². The lowest BCUT2D eigenvalue weighted by atomic mass is 10.2. The number of sulfonamides is 1. The average Bonchev–Trinajstić information content (AvgIpc) is 2.99. The number of nitrogens with zero attached hydrogens (tertiary/aromatic N) is 1. The number of hydrogen-bond donors (Lipinski definition) is 2. The zero-order valence-electron chi connectivity index (χ0n) is 14.3. The van der Waals surface area contributed by atoms with E-state index in [1.165, 1.54) is 25.2 Å². The maximum atomic E-state index is 13.7. The number of primary amides is 1. The Kier molecular flexibility index (Phi) is 5.79. The van der Waals surface area contributed by atoms with Crippen LogP contribution >= 0.6 is 11.3 Å². The summed E-state index contributed by atoms with van der Waals surface area (Å²) < 4.78 is 39.9. The van der Waals surface area contributed by atoms with Crippen molar-refractivity contribution in [3.8, 4) is 0 Å². The fraction of sp³-hybridized carbons (Fsp3) is 0.250. The van der Waals surface area contributed by atoms with Crippen molar-refractivity contribution >= 4 is 38.2 Å². The van der Waals surface area contributed by atoms with Crippen LogP contribution in [0.4, 0.5) is 9.39 Å².